The number of thioether (sulfide) groups is 1. The predicted octanol–water partition coefficient (Wildman–Crippen LogP) is 1.80. The fourth-order valence-corrected chi connectivity index (χ4v) is 2.23. The summed E-state index contributed by atoms with van der Waals surface area (Å²) < 4.78 is 0. The lowest BCUT2D eigenvalue weighted by Gasteiger charge is -2.08. The Kier molecular flexibility index (Phi) is 7.28. The summed E-state index contributed by atoms with van der Waals surface area (Å²) in [5.74, 6) is 7.98. The average Bonchev–Trinajstić information content (AvgIpc) is 2.46. The van der Waals surface area contributed by atoms with Crippen LogP contribution in [0, 0.1) is 0 Å². The fourth-order valence-electron chi connectivity index (χ4n) is 1.60. The third-order valence-electron chi connectivity index (χ3n) is 2.61. The van der Waals surface area contributed by atoms with E-state index in [2.05, 4.69) is 22.7 Å². The summed E-state index contributed by atoms with van der Waals surface area (Å²) >= 11 is 1.88. The van der Waals surface area contributed by atoms with Crippen molar-refractivity contribution in [2.75, 3.05) is 23.5 Å². The Hall–Kier alpha value is -1.27. The van der Waals surface area contributed by atoms with Gasteiger partial charge in [-0.15, -0.1) is 0 Å². The lowest BCUT2D eigenvalue weighted by atomic mass is 10.2. The maximum atomic E-state index is 12.0. The number of hydrogen-bond donors (Lipinski definition) is 3. The molecule has 4 N–H and O–H groups in total. The number of nitrogens with two attached hydrogens (primary N) is 1. The quantitative estimate of drug-likeness (QED) is 0.385. The molecule has 0 unspecified atom stereocenters. The molecule has 0 saturated carbocycles. The molecule has 0 fully saturated rings. The number of hydrazine groups is 1. The lowest BCUT2D eigenvalue weighted by Crippen LogP contribution is -2.25. The van der Waals surface area contributed by atoms with Crippen molar-refractivity contribution in [3.8, 4) is 0 Å². The highest BCUT2D eigenvalue weighted by atomic mass is 32.2. The summed E-state index contributed by atoms with van der Waals surface area (Å²) in [7, 11) is 0. The van der Waals surface area contributed by atoms with Crippen molar-refractivity contribution < 1.29 is 4.79 Å². The normalized spacial score (nSPS) is 10.3. The van der Waals surface area contributed by atoms with Crippen molar-refractivity contribution >= 4 is 23.5 Å². The van der Waals surface area contributed by atoms with Crippen LogP contribution in [-0.2, 0) is 6.42 Å². The molecule has 19 heavy (non-hydrogen) atoms. The van der Waals surface area contributed by atoms with E-state index in [1.165, 1.54) is 0 Å². The Balaban J connectivity index is 2.55. The van der Waals surface area contributed by atoms with Gasteiger partial charge in [-0.3, -0.25) is 4.79 Å². The molecule has 1 aromatic heterocycles. The molecule has 1 amide bonds. The van der Waals surface area contributed by atoms with Crippen molar-refractivity contribution in [1.82, 2.24) is 10.3 Å². The Labute approximate surface area is 118 Å². The van der Waals surface area contributed by atoms with Crippen LogP contribution in [0.4, 0.5) is 5.82 Å². The van der Waals surface area contributed by atoms with Gasteiger partial charge in [-0.05, 0) is 36.5 Å². The van der Waals surface area contributed by atoms with Crippen molar-refractivity contribution in [3.63, 3.8) is 0 Å². The number of nitrogens with zero attached hydrogens (tertiary/aromatic N) is 1. The number of amides is 1. The van der Waals surface area contributed by atoms with E-state index in [9.17, 15) is 4.79 Å². The van der Waals surface area contributed by atoms with Crippen molar-refractivity contribution in [2.24, 2.45) is 5.84 Å². The first-order valence-corrected chi connectivity index (χ1v) is 7.70. The number of rotatable bonds is 8. The standard InChI is InChI=1S/C13H22N4OS/c1-3-11-8-10(9-12(16-11)17-14)13(18)15-6-5-7-19-4-2/h8-9H,3-7,14H2,1-2H3,(H,15,18)(H,16,17). The molecule has 0 aliphatic carbocycles. The summed E-state index contributed by atoms with van der Waals surface area (Å²) in [6.07, 6.45) is 1.75. The van der Waals surface area contributed by atoms with Crippen LogP contribution < -0.4 is 16.6 Å². The van der Waals surface area contributed by atoms with Gasteiger partial charge in [-0.25, -0.2) is 10.8 Å². The molecule has 0 spiro atoms. The number of carbonyl (C=O) groups excluding carboxylic acids is 1. The van der Waals surface area contributed by atoms with Gasteiger partial charge in [0.05, 0.1) is 0 Å². The Morgan fingerprint density at radius 1 is 1.42 bits per heavy atom. The van der Waals surface area contributed by atoms with Gasteiger partial charge in [0, 0.05) is 17.8 Å². The topological polar surface area (TPSA) is 80.0 Å². The van der Waals surface area contributed by atoms with Crippen LogP contribution in [-0.4, -0.2) is 28.9 Å². The van der Waals surface area contributed by atoms with E-state index in [-0.39, 0.29) is 5.91 Å². The van der Waals surface area contributed by atoms with E-state index in [1.54, 1.807) is 12.1 Å². The molecular weight excluding hydrogens is 260 g/mol. The number of carbonyl (C=O) groups is 1. The highest BCUT2D eigenvalue weighted by Crippen LogP contribution is 2.10. The zero-order valence-electron chi connectivity index (χ0n) is 11.5. The molecule has 1 rings (SSSR count). The summed E-state index contributed by atoms with van der Waals surface area (Å²) in [4.78, 5) is 16.3. The van der Waals surface area contributed by atoms with E-state index in [0.29, 0.717) is 17.9 Å². The second kappa shape index (κ2) is 8.77. The number of nitrogens with one attached hydrogen (secondary N) is 2. The van der Waals surface area contributed by atoms with Gasteiger partial charge < -0.3 is 10.7 Å². The minimum absolute atomic E-state index is 0.0740. The summed E-state index contributed by atoms with van der Waals surface area (Å²) in [5.41, 5.74) is 3.94. The van der Waals surface area contributed by atoms with E-state index < -0.39 is 0 Å². The predicted molar refractivity (Wildman–Crippen MR) is 81.4 cm³/mol. The third kappa shape index (κ3) is 5.48. The van der Waals surface area contributed by atoms with Gasteiger partial charge in [0.25, 0.3) is 5.91 Å². The summed E-state index contributed by atoms with van der Waals surface area (Å²) in [6.45, 7) is 4.82. The minimum Gasteiger partial charge on any atom is -0.352 e. The van der Waals surface area contributed by atoms with Gasteiger partial charge in [0.15, 0.2) is 0 Å². The van der Waals surface area contributed by atoms with Crippen LogP contribution in [0.2, 0.25) is 0 Å². The van der Waals surface area contributed by atoms with Crippen LogP contribution in [0.3, 0.4) is 0 Å². The zero-order chi connectivity index (χ0) is 14.1. The van der Waals surface area contributed by atoms with E-state index in [0.717, 1.165) is 30.0 Å². The number of aryl methyl sites for hydroxylation is 1. The summed E-state index contributed by atoms with van der Waals surface area (Å²) in [5, 5.41) is 2.91. The van der Waals surface area contributed by atoms with Crippen LogP contribution in [0.1, 0.15) is 36.3 Å². The van der Waals surface area contributed by atoms with Gasteiger partial charge in [-0.2, -0.15) is 11.8 Å². The maximum Gasteiger partial charge on any atom is 0.251 e. The number of aromatic nitrogens is 1. The molecular formula is C13H22N4OS. The van der Waals surface area contributed by atoms with E-state index in [1.807, 2.05) is 18.7 Å². The molecule has 1 heterocycles. The molecule has 0 saturated heterocycles. The molecule has 0 aliphatic rings. The second-order valence-electron chi connectivity index (χ2n) is 4.04. The van der Waals surface area contributed by atoms with Crippen molar-refractivity contribution in [3.05, 3.63) is 23.4 Å². The third-order valence-corrected chi connectivity index (χ3v) is 3.59. The highest BCUT2D eigenvalue weighted by Gasteiger charge is 2.08. The maximum absolute atomic E-state index is 12.0. The van der Waals surface area contributed by atoms with E-state index >= 15 is 0 Å². The Bertz CT molecular complexity index is 389. The van der Waals surface area contributed by atoms with Crippen LogP contribution in [0.15, 0.2) is 12.1 Å². The van der Waals surface area contributed by atoms with Crippen LogP contribution in [0.25, 0.3) is 0 Å². The molecule has 106 valence electrons. The van der Waals surface area contributed by atoms with Crippen LogP contribution >= 0.6 is 11.8 Å². The molecule has 6 heteroatoms. The number of nitrogen functional groups attached to an aromatic ring is 1. The molecule has 0 aromatic carbocycles. The molecule has 0 aliphatic heterocycles. The first-order valence-electron chi connectivity index (χ1n) is 6.54. The molecule has 1 aromatic rings. The Morgan fingerprint density at radius 2 is 2.21 bits per heavy atom. The first-order chi connectivity index (χ1) is 9.21. The average molecular weight is 282 g/mol. The first kappa shape index (κ1) is 15.8. The number of anilines is 1. The largest absolute Gasteiger partial charge is 0.352 e. The number of pyridine rings is 1. The summed E-state index contributed by atoms with van der Waals surface area (Å²) in [6, 6.07) is 3.46. The smallest absolute Gasteiger partial charge is 0.251 e. The fraction of sp³-hybridized carbons (Fsp3) is 0.538. The van der Waals surface area contributed by atoms with E-state index in [4.69, 9.17) is 5.84 Å². The SMILES string of the molecule is CCSCCCNC(=O)c1cc(CC)nc(NN)c1. The van der Waals surface area contributed by atoms with Crippen LogP contribution in [0.5, 0.6) is 0 Å². The minimum atomic E-state index is -0.0740. The Morgan fingerprint density at radius 3 is 2.84 bits per heavy atom. The molecule has 0 atom stereocenters. The van der Waals surface area contributed by atoms with Crippen molar-refractivity contribution in [2.45, 2.75) is 26.7 Å². The van der Waals surface area contributed by atoms with Gasteiger partial charge in [0.1, 0.15) is 5.82 Å². The second-order valence-corrected chi connectivity index (χ2v) is 5.43. The van der Waals surface area contributed by atoms with Crippen molar-refractivity contribution in [1.29, 1.82) is 0 Å². The monoisotopic (exact) mass is 282 g/mol. The number of hydrogen-bond acceptors (Lipinski definition) is 5. The molecule has 0 radical (unpaired) electrons. The van der Waals surface area contributed by atoms with Gasteiger partial charge in [-0.1, -0.05) is 13.8 Å². The molecule has 0 bridgehead atoms. The molecule has 5 nitrogen and oxygen atoms in total. The highest BCUT2D eigenvalue weighted by molar-refractivity contribution is 7.99. The van der Waals surface area contributed by atoms with Gasteiger partial charge in [0.2, 0.25) is 0 Å². The lowest BCUT2D eigenvalue weighted by molar-refractivity contribution is 0.0953. The zero-order valence-corrected chi connectivity index (χ0v) is 12.3. The van der Waals surface area contributed by atoms with Gasteiger partial charge >= 0.3 is 0 Å².